The van der Waals surface area contributed by atoms with Gasteiger partial charge in [-0.15, -0.1) is 0 Å². The van der Waals surface area contributed by atoms with E-state index in [2.05, 4.69) is 4.74 Å². The maximum atomic E-state index is 11.1. The van der Waals surface area contributed by atoms with Crippen LogP contribution in [0.15, 0.2) is 0 Å². The van der Waals surface area contributed by atoms with E-state index in [4.69, 9.17) is 5.73 Å². The molecule has 2 N–H and O–H groups in total. The summed E-state index contributed by atoms with van der Waals surface area (Å²) in [6.07, 6.45) is 3.44. The van der Waals surface area contributed by atoms with Gasteiger partial charge in [0, 0.05) is 6.04 Å². The van der Waals surface area contributed by atoms with Crippen LogP contribution in [0.4, 0.5) is 0 Å². The van der Waals surface area contributed by atoms with Gasteiger partial charge in [-0.25, -0.2) is 0 Å². The van der Waals surface area contributed by atoms with E-state index >= 15 is 0 Å². The molecule has 1 saturated heterocycles. The van der Waals surface area contributed by atoms with Crippen LogP contribution in [-0.4, -0.2) is 43.0 Å². The van der Waals surface area contributed by atoms with Gasteiger partial charge in [0.2, 0.25) is 5.91 Å². The van der Waals surface area contributed by atoms with Crippen molar-refractivity contribution in [2.24, 2.45) is 5.73 Å². The van der Waals surface area contributed by atoms with Crippen LogP contribution in [0.2, 0.25) is 0 Å². The molecule has 5 nitrogen and oxygen atoms in total. The number of piperidine rings is 1. The summed E-state index contributed by atoms with van der Waals surface area (Å²) in [4.78, 5) is 24.0. The SMILES string of the molecule is COC(=O)CC1CCCCN1CC(N)=O. The van der Waals surface area contributed by atoms with E-state index in [1.165, 1.54) is 7.11 Å². The number of primary amides is 1. The van der Waals surface area contributed by atoms with Gasteiger partial charge in [-0.05, 0) is 19.4 Å². The highest BCUT2D eigenvalue weighted by atomic mass is 16.5. The molecule has 0 aliphatic carbocycles. The average Bonchev–Trinajstić information content (AvgIpc) is 2.20. The number of ether oxygens (including phenoxy) is 1. The summed E-state index contributed by atoms with van der Waals surface area (Å²) >= 11 is 0. The maximum absolute atomic E-state index is 11.1. The van der Waals surface area contributed by atoms with Gasteiger partial charge < -0.3 is 10.5 Å². The third-order valence-electron chi connectivity index (χ3n) is 2.74. The number of methoxy groups -OCH3 is 1. The van der Waals surface area contributed by atoms with Gasteiger partial charge in [0.05, 0.1) is 20.1 Å². The zero-order valence-corrected chi connectivity index (χ0v) is 9.07. The van der Waals surface area contributed by atoms with Crippen molar-refractivity contribution in [1.82, 2.24) is 4.90 Å². The average molecular weight is 214 g/mol. The molecule has 1 fully saturated rings. The molecule has 1 heterocycles. The van der Waals surface area contributed by atoms with E-state index in [0.29, 0.717) is 6.42 Å². The number of esters is 1. The Kier molecular flexibility index (Phi) is 4.55. The second kappa shape index (κ2) is 5.70. The molecule has 1 amide bonds. The summed E-state index contributed by atoms with van der Waals surface area (Å²) in [6.45, 7) is 1.08. The predicted molar refractivity (Wildman–Crippen MR) is 55.0 cm³/mol. The number of carbonyl (C=O) groups excluding carboxylic acids is 2. The lowest BCUT2D eigenvalue weighted by molar-refractivity contribution is -0.142. The molecule has 15 heavy (non-hydrogen) atoms. The molecule has 0 aromatic heterocycles. The monoisotopic (exact) mass is 214 g/mol. The van der Waals surface area contributed by atoms with Crippen molar-refractivity contribution in [1.29, 1.82) is 0 Å². The minimum atomic E-state index is -0.341. The van der Waals surface area contributed by atoms with Crippen molar-refractivity contribution in [3.8, 4) is 0 Å². The van der Waals surface area contributed by atoms with Gasteiger partial charge in [-0.2, -0.15) is 0 Å². The molecule has 1 aliphatic rings. The molecule has 0 aromatic carbocycles. The van der Waals surface area contributed by atoms with Crippen molar-refractivity contribution in [3.05, 3.63) is 0 Å². The van der Waals surface area contributed by atoms with E-state index in [9.17, 15) is 9.59 Å². The van der Waals surface area contributed by atoms with Crippen LogP contribution in [-0.2, 0) is 14.3 Å². The van der Waals surface area contributed by atoms with Gasteiger partial charge >= 0.3 is 5.97 Å². The van der Waals surface area contributed by atoms with Crippen molar-refractivity contribution in [2.45, 2.75) is 31.7 Å². The van der Waals surface area contributed by atoms with Crippen molar-refractivity contribution in [2.75, 3.05) is 20.2 Å². The van der Waals surface area contributed by atoms with Crippen LogP contribution in [0, 0.1) is 0 Å². The Morgan fingerprint density at radius 2 is 2.20 bits per heavy atom. The zero-order valence-electron chi connectivity index (χ0n) is 9.07. The minimum Gasteiger partial charge on any atom is -0.469 e. The first kappa shape index (κ1) is 12.0. The normalized spacial score (nSPS) is 22.3. The van der Waals surface area contributed by atoms with E-state index in [1.807, 2.05) is 4.90 Å². The number of amides is 1. The molecule has 0 spiro atoms. The molecular weight excluding hydrogens is 196 g/mol. The van der Waals surface area contributed by atoms with Crippen molar-refractivity contribution < 1.29 is 14.3 Å². The second-order valence-corrected chi connectivity index (χ2v) is 3.87. The maximum Gasteiger partial charge on any atom is 0.307 e. The Balaban J connectivity index is 2.49. The molecular formula is C10H18N2O3. The lowest BCUT2D eigenvalue weighted by Gasteiger charge is -2.34. The third-order valence-corrected chi connectivity index (χ3v) is 2.74. The van der Waals surface area contributed by atoms with Crippen molar-refractivity contribution >= 4 is 11.9 Å². The summed E-state index contributed by atoms with van der Waals surface area (Å²) in [5, 5.41) is 0. The quantitative estimate of drug-likeness (QED) is 0.663. The number of hydrogen-bond acceptors (Lipinski definition) is 4. The molecule has 0 bridgehead atoms. The van der Waals surface area contributed by atoms with E-state index in [-0.39, 0.29) is 24.5 Å². The largest absolute Gasteiger partial charge is 0.469 e. The molecule has 0 radical (unpaired) electrons. The molecule has 86 valence electrons. The smallest absolute Gasteiger partial charge is 0.307 e. The van der Waals surface area contributed by atoms with Crippen LogP contribution in [0.25, 0.3) is 0 Å². The molecule has 0 aromatic rings. The predicted octanol–water partition coefficient (Wildman–Crippen LogP) is -0.111. The van der Waals surface area contributed by atoms with Gasteiger partial charge in [0.25, 0.3) is 0 Å². The van der Waals surface area contributed by atoms with E-state index in [0.717, 1.165) is 25.8 Å². The first-order valence-corrected chi connectivity index (χ1v) is 5.22. The highest BCUT2D eigenvalue weighted by Crippen LogP contribution is 2.19. The molecule has 0 saturated carbocycles. The lowest BCUT2D eigenvalue weighted by Crippen LogP contribution is -2.45. The summed E-state index contributed by atoms with van der Waals surface area (Å²) in [5.74, 6) is -0.567. The van der Waals surface area contributed by atoms with Crippen molar-refractivity contribution in [3.63, 3.8) is 0 Å². The van der Waals surface area contributed by atoms with Crippen LogP contribution in [0.5, 0.6) is 0 Å². The second-order valence-electron chi connectivity index (χ2n) is 3.87. The molecule has 1 atom stereocenters. The number of nitrogens with two attached hydrogens (primary N) is 1. The summed E-state index contributed by atoms with van der Waals surface area (Å²) in [6, 6.07) is 0.110. The Morgan fingerprint density at radius 1 is 1.47 bits per heavy atom. The van der Waals surface area contributed by atoms with E-state index < -0.39 is 0 Å². The molecule has 1 unspecified atom stereocenters. The zero-order chi connectivity index (χ0) is 11.3. The van der Waals surface area contributed by atoms with Gasteiger partial charge in [0.1, 0.15) is 0 Å². The van der Waals surface area contributed by atoms with Crippen LogP contribution < -0.4 is 5.73 Å². The molecule has 1 aliphatic heterocycles. The lowest BCUT2D eigenvalue weighted by atomic mass is 9.99. The summed E-state index contributed by atoms with van der Waals surface area (Å²) in [7, 11) is 1.38. The fraction of sp³-hybridized carbons (Fsp3) is 0.800. The standard InChI is InChI=1S/C10H18N2O3/c1-15-10(14)6-8-4-2-3-5-12(8)7-9(11)13/h8H,2-7H2,1H3,(H2,11,13). The first-order valence-electron chi connectivity index (χ1n) is 5.22. The minimum absolute atomic E-state index is 0.110. The number of nitrogens with zero attached hydrogens (tertiary/aromatic N) is 1. The summed E-state index contributed by atoms with van der Waals surface area (Å²) < 4.78 is 4.62. The summed E-state index contributed by atoms with van der Waals surface area (Å²) in [5.41, 5.74) is 5.15. The number of hydrogen-bond donors (Lipinski definition) is 1. The molecule has 5 heteroatoms. The fourth-order valence-corrected chi connectivity index (χ4v) is 1.98. The third kappa shape index (κ3) is 3.87. The van der Waals surface area contributed by atoms with Crippen LogP contribution in [0.3, 0.4) is 0 Å². The van der Waals surface area contributed by atoms with Gasteiger partial charge in [0.15, 0.2) is 0 Å². The number of rotatable bonds is 4. The number of carbonyl (C=O) groups is 2. The van der Waals surface area contributed by atoms with E-state index in [1.54, 1.807) is 0 Å². The Hall–Kier alpha value is -1.10. The highest BCUT2D eigenvalue weighted by molar-refractivity contribution is 5.76. The van der Waals surface area contributed by atoms with Gasteiger partial charge in [-0.3, -0.25) is 14.5 Å². The number of likely N-dealkylation sites (tertiary alicyclic amines) is 1. The first-order chi connectivity index (χ1) is 7.13. The van der Waals surface area contributed by atoms with Gasteiger partial charge in [-0.1, -0.05) is 6.42 Å². The topological polar surface area (TPSA) is 72.6 Å². The molecule has 1 rings (SSSR count). The fourth-order valence-electron chi connectivity index (χ4n) is 1.98. The highest BCUT2D eigenvalue weighted by Gasteiger charge is 2.25. The Bertz CT molecular complexity index is 243. The Morgan fingerprint density at radius 3 is 2.80 bits per heavy atom. The van der Waals surface area contributed by atoms with Crippen LogP contribution >= 0.6 is 0 Å². The Labute approximate surface area is 89.6 Å². The van der Waals surface area contributed by atoms with Crippen LogP contribution in [0.1, 0.15) is 25.7 Å².